The van der Waals surface area contributed by atoms with Crippen molar-refractivity contribution in [3.8, 4) is 0 Å². The number of thiophene rings is 1. The highest BCUT2D eigenvalue weighted by Crippen LogP contribution is 2.48. The van der Waals surface area contributed by atoms with Gasteiger partial charge in [0.1, 0.15) is 0 Å². The molecule has 19 heavy (non-hydrogen) atoms. The van der Waals surface area contributed by atoms with Crippen molar-refractivity contribution in [3.63, 3.8) is 0 Å². The van der Waals surface area contributed by atoms with Gasteiger partial charge >= 0.3 is 0 Å². The maximum atomic E-state index is 11.3. The average molecular weight is 410 g/mol. The van der Waals surface area contributed by atoms with Crippen molar-refractivity contribution >= 4 is 49.1 Å². The number of primary amides is 1. The Hall–Kier alpha value is 0.0900. The van der Waals surface area contributed by atoms with E-state index < -0.39 is 0 Å². The van der Waals surface area contributed by atoms with E-state index in [9.17, 15) is 4.79 Å². The van der Waals surface area contributed by atoms with Gasteiger partial charge in [0, 0.05) is 12.5 Å². The Morgan fingerprint density at radius 1 is 1.42 bits per heavy atom. The number of hydrogen-bond donors (Lipinski definition) is 2. The third-order valence-electron chi connectivity index (χ3n) is 3.95. The summed E-state index contributed by atoms with van der Waals surface area (Å²) in [5, 5.41) is 0. The first-order valence-corrected chi connectivity index (χ1v) is 8.81. The van der Waals surface area contributed by atoms with E-state index in [4.69, 9.17) is 11.5 Å². The van der Waals surface area contributed by atoms with Gasteiger partial charge in [-0.05, 0) is 68.2 Å². The van der Waals surface area contributed by atoms with Gasteiger partial charge < -0.3 is 11.5 Å². The van der Waals surface area contributed by atoms with Crippen LogP contribution in [0, 0.1) is 5.41 Å². The van der Waals surface area contributed by atoms with E-state index in [0.29, 0.717) is 6.42 Å². The summed E-state index contributed by atoms with van der Waals surface area (Å²) in [7, 11) is 0. The summed E-state index contributed by atoms with van der Waals surface area (Å²) in [6.07, 6.45) is 5.77. The molecule has 1 fully saturated rings. The third kappa shape index (κ3) is 3.80. The molecular weight excluding hydrogens is 392 g/mol. The van der Waals surface area contributed by atoms with Gasteiger partial charge in [-0.15, -0.1) is 11.3 Å². The Morgan fingerprint density at radius 2 is 2.05 bits per heavy atom. The van der Waals surface area contributed by atoms with Crippen LogP contribution in [-0.2, 0) is 4.79 Å². The van der Waals surface area contributed by atoms with Crippen LogP contribution in [0.2, 0.25) is 0 Å². The molecule has 3 nitrogen and oxygen atoms in total. The SMILES string of the molecule is NC(=O)CC1(CC(N)c2cc(Br)sc2Br)CCCC1. The molecule has 0 bridgehead atoms. The number of nitrogens with two attached hydrogens (primary N) is 2. The Labute approximate surface area is 134 Å². The average Bonchev–Trinajstić information content (AvgIpc) is 2.85. The van der Waals surface area contributed by atoms with Crippen molar-refractivity contribution in [2.24, 2.45) is 16.9 Å². The van der Waals surface area contributed by atoms with Crippen LogP contribution in [-0.4, -0.2) is 5.91 Å². The van der Waals surface area contributed by atoms with Crippen LogP contribution < -0.4 is 11.5 Å². The van der Waals surface area contributed by atoms with Gasteiger partial charge in [0.05, 0.1) is 7.57 Å². The van der Waals surface area contributed by atoms with Crippen LogP contribution in [0.1, 0.15) is 50.1 Å². The number of hydrogen-bond acceptors (Lipinski definition) is 3. The number of amides is 1. The van der Waals surface area contributed by atoms with Crippen molar-refractivity contribution < 1.29 is 4.79 Å². The molecule has 106 valence electrons. The summed E-state index contributed by atoms with van der Waals surface area (Å²) in [4.78, 5) is 11.3. The number of rotatable bonds is 5. The lowest BCUT2D eigenvalue weighted by molar-refractivity contribution is -0.120. The van der Waals surface area contributed by atoms with E-state index in [1.807, 2.05) is 0 Å². The van der Waals surface area contributed by atoms with E-state index in [0.717, 1.165) is 32.4 Å². The molecule has 0 spiro atoms. The molecule has 1 unspecified atom stereocenters. The molecule has 1 saturated carbocycles. The molecule has 1 aliphatic rings. The Kier molecular flexibility index (Phi) is 5.09. The normalized spacial score (nSPS) is 19.5. The number of carbonyl (C=O) groups excluding carboxylic acids is 1. The van der Waals surface area contributed by atoms with Crippen LogP contribution in [0.25, 0.3) is 0 Å². The number of carbonyl (C=O) groups is 1. The standard InChI is InChI=1S/C13H18Br2N2OS/c14-10-5-8(12(15)19-10)9(16)6-13(7-11(17)18)3-1-2-4-13/h5,9H,1-4,6-7,16H2,(H2,17,18). The van der Waals surface area contributed by atoms with E-state index in [2.05, 4.69) is 37.9 Å². The molecule has 6 heteroatoms. The van der Waals surface area contributed by atoms with E-state index in [-0.39, 0.29) is 17.4 Å². The van der Waals surface area contributed by atoms with Crippen molar-refractivity contribution in [1.82, 2.24) is 0 Å². The molecule has 1 aromatic heterocycles. The summed E-state index contributed by atoms with van der Waals surface area (Å²) in [6.45, 7) is 0. The topological polar surface area (TPSA) is 69.1 Å². The lowest BCUT2D eigenvalue weighted by Gasteiger charge is -2.30. The molecule has 1 amide bonds. The Bertz CT molecular complexity index is 469. The van der Waals surface area contributed by atoms with Gasteiger partial charge in [0.25, 0.3) is 0 Å². The zero-order valence-electron chi connectivity index (χ0n) is 10.6. The molecule has 2 rings (SSSR count). The minimum Gasteiger partial charge on any atom is -0.370 e. The minimum atomic E-state index is -0.209. The molecule has 1 atom stereocenters. The maximum absolute atomic E-state index is 11.3. The molecule has 0 saturated heterocycles. The van der Waals surface area contributed by atoms with Crippen molar-refractivity contribution in [1.29, 1.82) is 0 Å². The highest BCUT2D eigenvalue weighted by molar-refractivity contribution is 9.12. The van der Waals surface area contributed by atoms with Crippen LogP contribution in [0.15, 0.2) is 13.6 Å². The summed E-state index contributed by atoms with van der Waals surface area (Å²) in [6, 6.07) is 2.01. The molecule has 1 aliphatic carbocycles. The smallest absolute Gasteiger partial charge is 0.217 e. The van der Waals surface area contributed by atoms with Gasteiger partial charge in [0.15, 0.2) is 0 Å². The summed E-state index contributed by atoms with van der Waals surface area (Å²) < 4.78 is 2.14. The molecular formula is C13H18Br2N2OS. The van der Waals surface area contributed by atoms with E-state index in [1.165, 1.54) is 12.8 Å². The summed E-state index contributed by atoms with van der Waals surface area (Å²) in [5.41, 5.74) is 12.9. The fourth-order valence-corrected chi connectivity index (χ4v) is 6.13. The summed E-state index contributed by atoms with van der Waals surface area (Å²) >= 11 is 8.66. The summed E-state index contributed by atoms with van der Waals surface area (Å²) in [5.74, 6) is -0.209. The van der Waals surface area contributed by atoms with Gasteiger partial charge in [0.2, 0.25) is 5.91 Å². The van der Waals surface area contributed by atoms with Crippen LogP contribution in [0.5, 0.6) is 0 Å². The van der Waals surface area contributed by atoms with Crippen LogP contribution in [0.3, 0.4) is 0 Å². The zero-order valence-corrected chi connectivity index (χ0v) is 14.6. The van der Waals surface area contributed by atoms with Crippen molar-refractivity contribution in [2.45, 2.75) is 44.6 Å². The molecule has 0 aliphatic heterocycles. The number of halogens is 2. The van der Waals surface area contributed by atoms with Crippen molar-refractivity contribution in [2.75, 3.05) is 0 Å². The second kappa shape index (κ2) is 6.24. The monoisotopic (exact) mass is 408 g/mol. The second-order valence-electron chi connectivity index (χ2n) is 5.44. The first-order valence-electron chi connectivity index (χ1n) is 6.40. The molecule has 1 aromatic rings. The van der Waals surface area contributed by atoms with E-state index in [1.54, 1.807) is 11.3 Å². The minimum absolute atomic E-state index is 0.0130. The van der Waals surface area contributed by atoms with Gasteiger partial charge in [-0.2, -0.15) is 0 Å². The van der Waals surface area contributed by atoms with Crippen LogP contribution in [0.4, 0.5) is 0 Å². The highest BCUT2D eigenvalue weighted by Gasteiger charge is 2.37. The Morgan fingerprint density at radius 3 is 2.53 bits per heavy atom. The second-order valence-corrected chi connectivity index (χ2v) is 9.19. The highest BCUT2D eigenvalue weighted by atomic mass is 79.9. The predicted octanol–water partition coefficient (Wildman–Crippen LogP) is 4.10. The van der Waals surface area contributed by atoms with E-state index >= 15 is 0 Å². The van der Waals surface area contributed by atoms with Crippen LogP contribution >= 0.6 is 43.2 Å². The quantitative estimate of drug-likeness (QED) is 0.768. The molecule has 4 N–H and O–H groups in total. The van der Waals surface area contributed by atoms with Gasteiger partial charge in [-0.1, -0.05) is 12.8 Å². The van der Waals surface area contributed by atoms with Gasteiger partial charge in [-0.25, -0.2) is 0 Å². The molecule has 0 radical (unpaired) electrons. The third-order valence-corrected chi connectivity index (χ3v) is 6.33. The lowest BCUT2D eigenvalue weighted by atomic mass is 9.76. The lowest BCUT2D eigenvalue weighted by Crippen LogP contribution is -2.29. The maximum Gasteiger partial charge on any atom is 0.217 e. The Balaban J connectivity index is 2.13. The zero-order chi connectivity index (χ0) is 14.0. The van der Waals surface area contributed by atoms with Crippen molar-refractivity contribution in [3.05, 3.63) is 19.2 Å². The first kappa shape index (κ1) is 15.5. The predicted molar refractivity (Wildman–Crippen MR) is 86.0 cm³/mol. The largest absolute Gasteiger partial charge is 0.370 e. The molecule has 1 heterocycles. The first-order chi connectivity index (χ1) is 8.92. The molecule has 0 aromatic carbocycles. The fraction of sp³-hybridized carbons (Fsp3) is 0.615. The fourth-order valence-electron chi connectivity index (χ4n) is 3.13. The van der Waals surface area contributed by atoms with Gasteiger partial charge in [-0.3, -0.25) is 4.79 Å².